The van der Waals surface area contributed by atoms with Crippen molar-refractivity contribution in [1.82, 2.24) is 5.32 Å². The van der Waals surface area contributed by atoms with Crippen molar-refractivity contribution in [3.63, 3.8) is 0 Å². The molecule has 3 N–H and O–H groups in total. The Bertz CT molecular complexity index is 685. The Morgan fingerprint density at radius 2 is 1.71 bits per heavy atom. The van der Waals surface area contributed by atoms with Gasteiger partial charge < -0.3 is 11.1 Å². The highest BCUT2D eigenvalue weighted by molar-refractivity contribution is 6.34. The molecule has 0 aliphatic heterocycles. The highest BCUT2D eigenvalue weighted by Crippen LogP contribution is 2.17. The lowest BCUT2D eigenvalue weighted by Gasteiger charge is -2.07. The molecule has 0 spiro atoms. The van der Waals surface area contributed by atoms with Crippen LogP contribution in [0.1, 0.15) is 26.3 Å². The fourth-order valence-electron chi connectivity index (χ4n) is 1.74. The minimum atomic E-state index is -0.674. The molecule has 2 aromatic rings. The number of benzene rings is 2. The number of carbonyl (C=O) groups excluding carboxylic acids is 2. The Kier molecular flexibility index (Phi) is 4.83. The molecule has 2 rings (SSSR count). The number of nitrogens with two attached hydrogens (primary N) is 1. The minimum absolute atomic E-state index is 0.121. The zero-order valence-corrected chi connectivity index (χ0v) is 12.4. The lowest BCUT2D eigenvalue weighted by molar-refractivity contribution is 0.0951. The first-order valence-electron chi connectivity index (χ1n) is 6.09. The van der Waals surface area contributed by atoms with Gasteiger partial charge in [-0.1, -0.05) is 35.3 Å². The zero-order valence-electron chi connectivity index (χ0n) is 10.9. The third-order valence-corrected chi connectivity index (χ3v) is 3.44. The predicted octanol–water partition coefficient (Wildman–Crippen LogP) is 3.02. The molecule has 2 amide bonds. The summed E-state index contributed by atoms with van der Waals surface area (Å²) in [6.45, 7) is 0.352. The molecule has 0 bridgehead atoms. The monoisotopic (exact) mass is 322 g/mol. The SMILES string of the molecule is NC(=O)c1cc(C(=O)NCc2ccc(Cl)cc2)ccc1Cl. The fourth-order valence-corrected chi connectivity index (χ4v) is 2.08. The molecular weight excluding hydrogens is 311 g/mol. The summed E-state index contributed by atoms with van der Waals surface area (Å²) in [5.41, 5.74) is 6.55. The molecule has 0 saturated carbocycles. The van der Waals surface area contributed by atoms with Crippen LogP contribution < -0.4 is 11.1 Å². The number of hydrogen-bond donors (Lipinski definition) is 2. The summed E-state index contributed by atoms with van der Waals surface area (Å²) >= 11 is 11.6. The Labute approximate surface area is 131 Å². The van der Waals surface area contributed by atoms with E-state index in [-0.39, 0.29) is 16.5 Å². The molecule has 21 heavy (non-hydrogen) atoms. The van der Waals surface area contributed by atoms with Gasteiger partial charge in [0, 0.05) is 17.1 Å². The molecule has 2 aromatic carbocycles. The maximum Gasteiger partial charge on any atom is 0.251 e. The Hall–Kier alpha value is -2.04. The maximum absolute atomic E-state index is 12.0. The van der Waals surface area contributed by atoms with Crippen LogP contribution in [-0.2, 0) is 6.54 Å². The van der Waals surface area contributed by atoms with E-state index in [4.69, 9.17) is 28.9 Å². The van der Waals surface area contributed by atoms with Crippen LogP contribution in [0.15, 0.2) is 42.5 Å². The van der Waals surface area contributed by atoms with Crippen LogP contribution in [0.2, 0.25) is 10.0 Å². The molecule has 0 saturated heterocycles. The molecule has 6 heteroatoms. The van der Waals surface area contributed by atoms with Gasteiger partial charge in [-0.15, -0.1) is 0 Å². The molecule has 0 aliphatic rings. The zero-order chi connectivity index (χ0) is 15.4. The van der Waals surface area contributed by atoms with Gasteiger partial charge >= 0.3 is 0 Å². The second kappa shape index (κ2) is 6.61. The summed E-state index contributed by atoms with van der Waals surface area (Å²) < 4.78 is 0. The summed E-state index contributed by atoms with van der Waals surface area (Å²) in [5, 5.41) is 3.60. The molecule has 0 heterocycles. The average Bonchev–Trinajstić information content (AvgIpc) is 2.46. The first-order chi connectivity index (χ1) is 9.97. The van der Waals surface area contributed by atoms with Crippen LogP contribution in [0.4, 0.5) is 0 Å². The normalized spacial score (nSPS) is 10.2. The van der Waals surface area contributed by atoms with Crippen LogP contribution in [0.3, 0.4) is 0 Å². The van der Waals surface area contributed by atoms with Gasteiger partial charge in [-0.2, -0.15) is 0 Å². The van der Waals surface area contributed by atoms with Crippen LogP contribution in [0.5, 0.6) is 0 Å². The lowest BCUT2D eigenvalue weighted by atomic mass is 10.1. The minimum Gasteiger partial charge on any atom is -0.366 e. The standard InChI is InChI=1S/C15H12Cl2N2O2/c16-11-4-1-9(2-5-11)8-19-15(21)10-3-6-13(17)12(7-10)14(18)20/h1-7H,8H2,(H2,18,20)(H,19,21). The van der Waals surface area contributed by atoms with E-state index in [1.807, 2.05) is 12.1 Å². The molecule has 0 aromatic heterocycles. The summed E-state index contributed by atoms with van der Waals surface area (Å²) in [6.07, 6.45) is 0. The number of primary amides is 1. The van der Waals surface area contributed by atoms with Crippen molar-refractivity contribution in [3.8, 4) is 0 Å². The highest BCUT2D eigenvalue weighted by Gasteiger charge is 2.12. The largest absolute Gasteiger partial charge is 0.366 e. The molecule has 0 unspecified atom stereocenters. The van der Waals surface area contributed by atoms with Crippen molar-refractivity contribution in [1.29, 1.82) is 0 Å². The van der Waals surface area contributed by atoms with Gasteiger partial charge in [-0.05, 0) is 35.9 Å². The molecule has 0 fully saturated rings. The molecule has 0 atom stereocenters. The Morgan fingerprint density at radius 3 is 2.33 bits per heavy atom. The van der Waals surface area contributed by atoms with Crippen molar-refractivity contribution >= 4 is 35.0 Å². The Balaban J connectivity index is 2.08. The number of rotatable bonds is 4. The van der Waals surface area contributed by atoms with Gasteiger partial charge in [0.2, 0.25) is 5.91 Å². The summed E-state index contributed by atoms with van der Waals surface area (Å²) in [4.78, 5) is 23.2. The molecule has 4 nitrogen and oxygen atoms in total. The van der Waals surface area contributed by atoms with Crippen LogP contribution in [-0.4, -0.2) is 11.8 Å². The van der Waals surface area contributed by atoms with E-state index < -0.39 is 5.91 Å². The van der Waals surface area contributed by atoms with Crippen molar-refractivity contribution in [2.75, 3.05) is 0 Å². The maximum atomic E-state index is 12.0. The van der Waals surface area contributed by atoms with E-state index in [0.29, 0.717) is 17.1 Å². The van der Waals surface area contributed by atoms with E-state index in [2.05, 4.69) is 5.32 Å². The predicted molar refractivity (Wildman–Crippen MR) is 82.6 cm³/mol. The number of halogens is 2. The number of carbonyl (C=O) groups is 2. The summed E-state index contributed by atoms with van der Waals surface area (Å²) in [7, 11) is 0. The van der Waals surface area contributed by atoms with Crippen LogP contribution in [0.25, 0.3) is 0 Å². The van der Waals surface area contributed by atoms with E-state index in [9.17, 15) is 9.59 Å². The van der Waals surface area contributed by atoms with Crippen molar-refractivity contribution in [3.05, 3.63) is 69.2 Å². The van der Waals surface area contributed by atoms with Gasteiger partial charge in [0.15, 0.2) is 0 Å². The lowest BCUT2D eigenvalue weighted by Crippen LogP contribution is -2.23. The van der Waals surface area contributed by atoms with E-state index >= 15 is 0 Å². The molecule has 108 valence electrons. The number of amides is 2. The quantitative estimate of drug-likeness (QED) is 0.908. The third kappa shape index (κ3) is 3.97. The number of nitrogens with one attached hydrogen (secondary N) is 1. The van der Waals surface area contributed by atoms with E-state index in [0.717, 1.165) is 5.56 Å². The van der Waals surface area contributed by atoms with Crippen molar-refractivity contribution in [2.45, 2.75) is 6.54 Å². The summed E-state index contributed by atoms with van der Waals surface area (Å²) in [6, 6.07) is 11.5. The Morgan fingerprint density at radius 1 is 1.05 bits per heavy atom. The van der Waals surface area contributed by atoms with Crippen molar-refractivity contribution in [2.24, 2.45) is 5.73 Å². The van der Waals surface area contributed by atoms with Gasteiger partial charge in [-0.3, -0.25) is 9.59 Å². The molecule has 0 aliphatic carbocycles. The highest BCUT2D eigenvalue weighted by atomic mass is 35.5. The second-order valence-electron chi connectivity index (χ2n) is 4.37. The first kappa shape index (κ1) is 15.4. The third-order valence-electron chi connectivity index (χ3n) is 2.86. The van der Waals surface area contributed by atoms with Crippen molar-refractivity contribution < 1.29 is 9.59 Å². The topological polar surface area (TPSA) is 72.2 Å². The van der Waals surface area contributed by atoms with Gasteiger partial charge in [0.05, 0.1) is 10.6 Å². The van der Waals surface area contributed by atoms with Gasteiger partial charge in [0.1, 0.15) is 0 Å². The number of hydrogen-bond acceptors (Lipinski definition) is 2. The smallest absolute Gasteiger partial charge is 0.251 e. The van der Waals surface area contributed by atoms with E-state index in [1.165, 1.54) is 18.2 Å². The van der Waals surface area contributed by atoms with Gasteiger partial charge in [0.25, 0.3) is 5.91 Å². The first-order valence-corrected chi connectivity index (χ1v) is 6.85. The van der Waals surface area contributed by atoms with Gasteiger partial charge in [-0.25, -0.2) is 0 Å². The summed E-state index contributed by atoms with van der Waals surface area (Å²) in [5.74, 6) is -0.989. The van der Waals surface area contributed by atoms with E-state index in [1.54, 1.807) is 12.1 Å². The second-order valence-corrected chi connectivity index (χ2v) is 5.21. The van der Waals surface area contributed by atoms with Crippen LogP contribution in [0, 0.1) is 0 Å². The van der Waals surface area contributed by atoms with Crippen LogP contribution >= 0.6 is 23.2 Å². The molecular formula is C15H12Cl2N2O2. The fraction of sp³-hybridized carbons (Fsp3) is 0.0667. The molecule has 0 radical (unpaired) electrons. The average molecular weight is 323 g/mol.